The summed E-state index contributed by atoms with van der Waals surface area (Å²) in [7, 11) is 0. The summed E-state index contributed by atoms with van der Waals surface area (Å²) >= 11 is 0. The van der Waals surface area contributed by atoms with Gasteiger partial charge in [-0.05, 0) is 67.1 Å². The zero-order valence-electron chi connectivity index (χ0n) is 17.4. The highest BCUT2D eigenvalue weighted by Crippen LogP contribution is 2.35. The molecule has 0 aliphatic carbocycles. The molecular weight excluding hydrogens is 425 g/mol. The monoisotopic (exact) mass is 443 g/mol. The predicted octanol–water partition coefficient (Wildman–Crippen LogP) is 5.59. The largest absolute Gasteiger partial charge is 0.508 e. The Balaban J connectivity index is 1.77. The number of ether oxygens (including phenoxy) is 1. The van der Waals surface area contributed by atoms with Gasteiger partial charge in [-0.1, -0.05) is 12.1 Å². The van der Waals surface area contributed by atoms with E-state index in [2.05, 4.69) is 4.98 Å². The van der Waals surface area contributed by atoms with E-state index in [0.29, 0.717) is 22.2 Å². The molecule has 0 saturated heterocycles. The first-order valence-corrected chi connectivity index (χ1v) is 9.93. The van der Waals surface area contributed by atoms with Gasteiger partial charge in [0.15, 0.2) is 5.78 Å². The molecule has 7 heteroatoms. The van der Waals surface area contributed by atoms with Crippen molar-refractivity contribution in [2.75, 3.05) is 0 Å². The fourth-order valence-corrected chi connectivity index (χ4v) is 3.25. The molecule has 0 aliphatic rings. The second kappa shape index (κ2) is 8.92. The maximum atomic E-state index is 13.3. The average Bonchev–Trinajstić information content (AvgIpc) is 2.80. The van der Waals surface area contributed by atoms with Gasteiger partial charge >= 0.3 is 5.97 Å². The van der Waals surface area contributed by atoms with Crippen LogP contribution in [-0.4, -0.2) is 26.9 Å². The summed E-state index contributed by atoms with van der Waals surface area (Å²) in [6.45, 7) is 1.50. The minimum atomic E-state index is -1.01. The van der Waals surface area contributed by atoms with E-state index >= 15 is 0 Å². The smallest absolute Gasteiger partial charge is 0.331 e. The van der Waals surface area contributed by atoms with Crippen molar-refractivity contribution in [3.8, 4) is 17.2 Å². The molecule has 0 amide bonds. The molecular formula is C26H18FNO5. The molecule has 0 saturated carbocycles. The van der Waals surface area contributed by atoms with Crippen molar-refractivity contribution in [1.82, 2.24) is 4.98 Å². The number of halogens is 1. The van der Waals surface area contributed by atoms with Crippen LogP contribution >= 0.6 is 0 Å². The molecule has 1 heterocycles. The number of aromatic nitrogens is 1. The van der Waals surface area contributed by atoms with Crippen LogP contribution in [0.25, 0.3) is 17.0 Å². The number of nitrogens with zero attached hydrogens (tertiary/aromatic N) is 1. The molecule has 0 atom stereocenters. The Hall–Kier alpha value is -4.52. The highest BCUT2D eigenvalue weighted by atomic mass is 19.1. The van der Waals surface area contributed by atoms with Gasteiger partial charge in [0.2, 0.25) is 0 Å². The Bertz CT molecular complexity index is 1390. The first-order valence-electron chi connectivity index (χ1n) is 9.93. The summed E-state index contributed by atoms with van der Waals surface area (Å²) in [6.07, 6.45) is 2.89. The third-order valence-corrected chi connectivity index (χ3v) is 4.97. The molecule has 164 valence electrons. The van der Waals surface area contributed by atoms with Gasteiger partial charge in [0.25, 0.3) is 0 Å². The van der Waals surface area contributed by atoms with Crippen molar-refractivity contribution in [3.63, 3.8) is 0 Å². The highest BCUT2D eigenvalue weighted by Gasteiger charge is 2.20. The molecule has 2 N–H and O–H groups in total. The van der Waals surface area contributed by atoms with E-state index in [9.17, 15) is 19.1 Å². The highest BCUT2D eigenvalue weighted by molar-refractivity contribution is 6.13. The first kappa shape index (κ1) is 21.7. The number of carboxylic acid groups (broad SMARTS) is 1. The van der Waals surface area contributed by atoms with Crippen LogP contribution < -0.4 is 4.74 Å². The number of phenolic OH excluding ortho intramolecular Hbond substituents is 1. The van der Waals surface area contributed by atoms with Crippen LogP contribution in [0.5, 0.6) is 17.2 Å². The van der Waals surface area contributed by atoms with Crippen LogP contribution in [0, 0.1) is 5.82 Å². The third kappa shape index (κ3) is 4.72. The number of aliphatic carboxylic acids is 1. The lowest BCUT2D eigenvalue weighted by atomic mass is 10.0. The van der Waals surface area contributed by atoms with Crippen LogP contribution in [0.2, 0.25) is 0 Å². The SMILES string of the molecule is C/C(=C\c1ccc(Oc2c(C(=O)c3ccc(F)cc3)cnc3cc(O)ccc23)cc1)C(=O)O. The van der Waals surface area contributed by atoms with E-state index in [1.807, 2.05) is 0 Å². The fourth-order valence-electron chi connectivity index (χ4n) is 3.25. The molecule has 0 spiro atoms. The topological polar surface area (TPSA) is 96.7 Å². The minimum absolute atomic E-state index is 0.0171. The fraction of sp³-hybridized carbons (Fsp3) is 0.0385. The number of rotatable bonds is 6. The normalized spacial score (nSPS) is 11.4. The van der Waals surface area contributed by atoms with Crippen molar-refractivity contribution in [1.29, 1.82) is 0 Å². The molecule has 0 unspecified atom stereocenters. The zero-order chi connectivity index (χ0) is 23.5. The van der Waals surface area contributed by atoms with Gasteiger partial charge in [0.1, 0.15) is 23.1 Å². The first-order chi connectivity index (χ1) is 15.8. The predicted molar refractivity (Wildman–Crippen MR) is 121 cm³/mol. The van der Waals surface area contributed by atoms with Gasteiger partial charge in [-0.2, -0.15) is 0 Å². The number of phenols is 1. The second-order valence-electron chi connectivity index (χ2n) is 7.34. The van der Waals surface area contributed by atoms with Crippen LogP contribution in [0.1, 0.15) is 28.4 Å². The lowest BCUT2D eigenvalue weighted by Gasteiger charge is -2.14. The lowest BCUT2D eigenvalue weighted by Crippen LogP contribution is -2.05. The van der Waals surface area contributed by atoms with E-state index in [4.69, 9.17) is 9.84 Å². The number of carbonyl (C=O) groups is 2. The Morgan fingerprint density at radius 1 is 1.00 bits per heavy atom. The molecule has 0 aliphatic heterocycles. The van der Waals surface area contributed by atoms with Gasteiger partial charge in [-0.25, -0.2) is 9.18 Å². The van der Waals surface area contributed by atoms with Crippen molar-refractivity contribution in [3.05, 3.63) is 101 Å². The molecule has 0 fully saturated rings. The maximum Gasteiger partial charge on any atom is 0.331 e. The zero-order valence-corrected chi connectivity index (χ0v) is 17.4. The molecule has 33 heavy (non-hydrogen) atoms. The van der Waals surface area contributed by atoms with Crippen LogP contribution in [-0.2, 0) is 4.79 Å². The van der Waals surface area contributed by atoms with Crippen molar-refractivity contribution < 1.29 is 28.9 Å². The second-order valence-corrected chi connectivity index (χ2v) is 7.34. The summed E-state index contributed by atoms with van der Waals surface area (Å²) in [4.78, 5) is 28.5. The number of aromatic hydroxyl groups is 1. The molecule has 1 aromatic heterocycles. The molecule has 4 rings (SSSR count). The number of carbonyl (C=O) groups excluding carboxylic acids is 1. The van der Waals surface area contributed by atoms with Gasteiger partial charge in [-0.15, -0.1) is 0 Å². The molecule has 6 nitrogen and oxygen atoms in total. The summed E-state index contributed by atoms with van der Waals surface area (Å²) in [6, 6.07) is 16.4. The van der Waals surface area contributed by atoms with Crippen molar-refractivity contribution >= 4 is 28.7 Å². The Morgan fingerprint density at radius 3 is 2.36 bits per heavy atom. The Morgan fingerprint density at radius 2 is 1.70 bits per heavy atom. The summed E-state index contributed by atoms with van der Waals surface area (Å²) in [5.74, 6) is -1.20. The Kier molecular flexibility index (Phi) is 5.87. The number of fused-ring (bicyclic) bond motifs is 1. The summed E-state index contributed by atoms with van der Waals surface area (Å²) < 4.78 is 19.4. The maximum absolute atomic E-state index is 13.3. The average molecular weight is 443 g/mol. The number of carboxylic acids is 1. The third-order valence-electron chi connectivity index (χ3n) is 4.97. The van der Waals surface area contributed by atoms with Crippen LogP contribution in [0.3, 0.4) is 0 Å². The van der Waals surface area contributed by atoms with Crippen LogP contribution in [0.4, 0.5) is 4.39 Å². The van der Waals surface area contributed by atoms with E-state index in [1.54, 1.807) is 30.3 Å². The number of ketones is 1. The number of hydrogen-bond donors (Lipinski definition) is 2. The molecule has 0 bridgehead atoms. The molecule has 3 aromatic carbocycles. The number of benzene rings is 3. The standard InChI is InChI=1S/C26H18FNO5/c1-15(26(31)32)12-16-2-9-20(10-3-16)33-25-21-11-8-19(29)13-23(21)28-14-22(25)24(30)17-4-6-18(27)7-5-17/h2-14,29H,1H3,(H,31,32)/b15-12+. The van der Waals surface area contributed by atoms with E-state index in [1.165, 1.54) is 55.6 Å². The number of hydrogen-bond acceptors (Lipinski definition) is 5. The lowest BCUT2D eigenvalue weighted by molar-refractivity contribution is -0.132. The van der Waals surface area contributed by atoms with E-state index in [-0.39, 0.29) is 28.2 Å². The number of pyridine rings is 1. The quantitative estimate of drug-likeness (QED) is 0.298. The van der Waals surface area contributed by atoms with Gasteiger partial charge in [0.05, 0.1) is 11.1 Å². The van der Waals surface area contributed by atoms with Crippen LogP contribution in [0.15, 0.2) is 78.5 Å². The van der Waals surface area contributed by atoms with Gasteiger partial charge in [0, 0.05) is 28.8 Å². The van der Waals surface area contributed by atoms with E-state index in [0.717, 1.165) is 0 Å². The summed E-state index contributed by atoms with van der Waals surface area (Å²) in [5, 5.41) is 19.3. The van der Waals surface area contributed by atoms with E-state index < -0.39 is 17.6 Å². The summed E-state index contributed by atoms with van der Waals surface area (Å²) in [5.41, 5.74) is 1.73. The van der Waals surface area contributed by atoms with Crippen molar-refractivity contribution in [2.45, 2.75) is 6.92 Å². The van der Waals surface area contributed by atoms with Gasteiger partial charge < -0.3 is 14.9 Å². The van der Waals surface area contributed by atoms with Gasteiger partial charge in [-0.3, -0.25) is 9.78 Å². The molecule has 0 radical (unpaired) electrons. The minimum Gasteiger partial charge on any atom is -0.508 e. The molecule has 4 aromatic rings. The Labute approximate surface area is 188 Å². The van der Waals surface area contributed by atoms with Crippen molar-refractivity contribution in [2.24, 2.45) is 0 Å².